The van der Waals surface area contributed by atoms with Gasteiger partial charge in [0.25, 0.3) is 11.8 Å². The number of carbonyl (C=O) groups is 2. The van der Waals surface area contributed by atoms with E-state index in [1.807, 2.05) is 37.3 Å². The van der Waals surface area contributed by atoms with Gasteiger partial charge in [0.05, 0.1) is 21.7 Å². The van der Waals surface area contributed by atoms with E-state index in [1.165, 1.54) is 0 Å². The summed E-state index contributed by atoms with van der Waals surface area (Å²) in [6.45, 7) is 3.71. The highest BCUT2D eigenvalue weighted by Crippen LogP contribution is 2.24. The smallest absolute Gasteiger partial charge is 0.255 e. The third-order valence-corrected chi connectivity index (χ3v) is 5.64. The summed E-state index contributed by atoms with van der Waals surface area (Å²) in [4.78, 5) is 34.0. The van der Waals surface area contributed by atoms with Gasteiger partial charge in [-0.1, -0.05) is 41.4 Å². The molecule has 148 valence electrons. The number of aromatic nitrogens is 1. The van der Waals surface area contributed by atoms with Gasteiger partial charge in [0.2, 0.25) is 0 Å². The molecule has 2 heterocycles. The molecule has 4 rings (SSSR count). The van der Waals surface area contributed by atoms with Gasteiger partial charge in [-0.2, -0.15) is 0 Å². The van der Waals surface area contributed by atoms with E-state index >= 15 is 0 Å². The average molecular weight is 428 g/mol. The molecule has 1 aliphatic rings. The lowest BCUT2D eigenvalue weighted by molar-refractivity contribution is 0.0536. The van der Waals surface area contributed by atoms with Gasteiger partial charge in [0.15, 0.2) is 0 Å². The van der Waals surface area contributed by atoms with E-state index in [0.29, 0.717) is 47.4 Å². The summed E-state index contributed by atoms with van der Waals surface area (Å²) in [6.07, 6.45) is 0. The van der Waals surface area contributed by atoms with Crippen LogP contribution in [0.3, 0.4) is 0 Å². The first kappa shape index (κ1) is 19.7. The molecule has 2 amide bonds. The van der Waals surface area contributed by atoms with E-state index in [1.54, 1.807) is 28.0 Å². The zero-order chi connectivity index (χ0) is 20.5. The second kappa shape index (κ2) is 8.01. The van der Waals surface area contributed by atoms with Crippen LogP contribution in [0.5, 0.6) is 0 Å². The van der Waals surface area contributed by atoms with Crippen molar-refractivity contribution in [2.75, 3.05) is 26.2 Å². The Balaban J connectivity index is 1.50. The number of aryl methyl sites for hydroxylation is 1. The Hall–Kier alpha value is -2.63. The van der Waals surface area contributed by atoms with Gasteiger partial charge >= 0.3 is 0 Å². The number of hydrogen-bond donors (Lipinski definition) is 0. The molecular formula is C22H19Cl2N3O2. The van der Waals surface area contributed by atoms with Gasteiger partial charge < -0.3 is 9.80 Å². The quantitative estimate of drug-likeness (QED) is 0.606. The molecule has 0 atom stereocenters. The summed E-state index contributed by atoms with van der Waals surface area (Å²) >= 11 is 12.1. The molecule has 0 bridgehead atoms. The normalized spacial score (nSPS) is 14.3. The lowest BCUT2D eigenvalue weighted by Crippen LogP contribution is -2.50. The predicted octanol–water partition coefficient (Wildman–Crippen LogP) is 4.45. The molecule has 5 nitrogen and oxygen atoms in total. The third-order valence-electron chi connectivity index (χ3n) is 5.09. The zero-order valence-corrected chi connectivity index (χ0v) is 17.4. The fourth-order valence-corrected chi connectivity index (χ4v) is 4.09. The number of hydrogen-bond acceptors (Lipinski definition) is 3. The number of halogens is 2. The number of benzene rings is 2. The monoisotopic (exact) mass is 427 g/mol. The Morgan fingerprint density at radius 1 is 0.862 bits per heavy atom. The largest absolute Gasteiger partial charge is 0.335 e. The molecule has 1 aliphatic heterocycles. The minimum Gasteiger partial charge on any atom is -0.335 e. The summed E-state index contributed by atoms with van der Waals surface area (Å²) in [6, 6.07) is 14.3. The van der Waals surface area contributed by atoms with Crippen LogP contribution < -0.4 is 0 Å². The average Bonchev–Trinajstić information content (AvgIpc) is 2.72. The van der Waals surface area contributed by atoms with Crippen LogP contribution in [0.25, 0.3) is 10.9 Å². The highest BCUT2D eigenvalue weighted by molar-refractivity contribution is 6.36. The van der Waals surface area contributed by atoms with Crippen LogP contribution >= 0.6 is 23.2 Å². The molecule has 2 aromatic carbocycles. The molecule has 1 saturated heterocycles. The Kier molecular flexibility index (Phi) is 5.43. The van der Waals surface area contributed by atoms with Crippen molar-refractivity contribution < 1.29 is 9.59 Å². The SMILES string of the molecule is Cc1cc(C(=O)N2CCN(C(=O)c3ccc(Cl)cc3Cl)CC2)c2ccccc2n1. The number of para-hydroxylation sites is 1. The summed E-state index contributed by atoms with van der Waals surface area (Å²) in [5.41, 5.74) is 2.68. The van der Waals surface area contributed by atoms with E-state index in [-0.39, 0.29) is 11.8 Å². The number of carbonyl (C=O) groups excluding carboxylic acids is 2. The van der Waals surface area contributed by atoms with Gasteiger partial charge in [-0.15, -0.1) is 0 Å². The molecule has 0 unspecified atom stereocenters. The van der Waals surface area contributed by atoms with E-state index in [9.17, 15) is 9.59 Å². The second-order valence-corrected chi connectivity index (χ2v) is 7.88. The van der Waals surface area contributed by atoms with E-state index in [0.717, 1.165) is 16.6 Å². The fourth-order valence-electron chi connectivity index (χ4n) is 3.60. The summed E-state index contributed by atoms with van der Waals surface area (Å²) in [5, 5.41) is 1.66. The minimum absolute atomic E-state index is 0.0386. The number of rotatable bonds is 2. The van der Waals surface area contributed by atoms with Gasteiger partial charge in [0, 0.05) is 42.3 Å². The topological polar surface area (TPSA) is 53.5 Å². The maximum Gasteiger partial charge on any atom is 0.255 e. The van der Waals surface area contributed by atoms with Crippen molar-refractivity contribution in [2.45, 2.75) is 6.92 Å². The van der Waals surface area contributed by atoms with Crippen LogP contribution in [-0.2, 0) is 0 Å². The molecule has 29 heavy (non-hydrogen) atoms. The molecule has 3 aromatic rings. The molecule has 1 fully saturated rings. The first-order valence-electron chi connectivity index (χ1n) is 9.34. The maximum absolute atomic E-state index is 13.2. The summed E-state index contributed by atoms with van der Waals surface area (Å²) in [5.74, 6) is -0.188. The number of pyridine rings is 1. The maximum atomic E-state index is 13.2. The van der Waals surface area contributed by atoms with Crippen molar-refractivity contribution in [3.05, 3.63) is 75.4 Å². The van der Waals surface area contributed by atoms with Gasteiger partial charge in [-0.3, -0.25) is 14.6 Å². The van der Waals surface area contributed by atoms with Crippen LogP contribution in [0, 0.1) is 6.92 Å². The number of amides is 2. The van der Waals surface area contributed by atoms with Crippen molar-refractivity contribution in [1.29, 1.82) is 0 Å². The van der Waals surface area contributed by atoms with E-state index in [4.69, 9.17) is 23.2 Å². The first-order chi connectivity index (χ1) is 13.9. The fraction of sp³-hybridized carbons (Fsp3) is 0.227. The lowest BCUT2D eigenvalue weighted by atomic mass is 10.1. The molecule has 0 N–H and O–H groups in total. The molecular weight excluding hydrogens is 409 g/mol. The molecule has 0 aliphatic carbocycles. The van der Waals surface area contributed by atoms with Crippen molar-refractivity contribution in [2.24, 2.45) is 0 Å². The zero-order valence-electron chi connectivity index (χ0n) is 15.9. The highest BCUT2D eigenvalue weighted by Gasteiger charge is 2.27. The Bertz CT molecular complexity index is 1110. The minimum atomic E-state index is -0.149. The molecule has 0 radical (unpaired) electrons. The van der Waals surface area contributed by atoms with Crippen molar-refractivity contribution in [3.8, 4) is 0 Å². The van der Waals surface area contributed by atoms with Crippen molar-refractivity contribution >= 4 is 45.9 Å². The van der Waals surface area contributed by atoms with Gasteiger partial charge in [-0.05, 0) is 37.3 Å². The summed E-state index contributed by atoms with van der Waals surface area (Å²) < 4.78 is 0. The lowest BCUT2D eigenvalue weighted by Gasteiger charge is -2.35. The van der Waals surface area contributed by atoms with Crippen LogP contribution in [0.15, 0.2) is 48.5 Å². The highest BCUT2D eigenvalue weighted by atomic mass is 35.5. The van der Waals surface area contributed by atoms with E-state index < -0.39 is 0 Å². The second-order valence-electron chi connectivity index (χ2n) is 7.04. The Labute approximate surface area is 178 Å². The van der Waals surface area contributed by atoms with Crippen molar-refractivity contribution in [1.82, 2.24) is 14.8 Å². The molecule has 0 saturated carbocycles. The van der Waals surface area contributed by atoms with Crippen LogP contribution in [0.2, 0.25) is 10.0 Å². The van der Waals surface area contributed by atoms with Crippen LogP contribution in [0.1, 0.15) is 26.4 Å². The first-order valence-corrected chi connectivity index (χ1v) is 10.1. The van der Waals surface area contributed by atoms with Crippen LogP contribution in [-0.4, -0.2) is 52.8 Å². The molecule has 0 spiro atoms. The number of piperazine rings is 1. The van der Waals surface area contributed by atoms with E-state index in [2.05, 4.69) is 4.98 Å². The number of fused-ring (bicyclic) bond motifs is 1. The Morgan fingerprint density at radius 3 is 2.14 bits per heavy atom. The molecule has 1 aromatic heterocycles. The predicted molar refractivity (Wildman–Crippen MR) is 115 cm³/mol. The Morgan fingerprint density at radius 2 is 1.48 bits per heavy atom. The standard InChI is InChI=1S/C22H19Cl2N3O2/c1-14-12-18(16-4-2-3-5-20(16)25-14)22(29)27-10-8-26(9-11-27)21(28)17-7-6-15(23)13-19(17)24/h2-7,12-13H,8-11H2,1H3. The summed E-state index contributed by atoms with van der Waals surface area (Å²) in [7, 11) is 0. The van der Waals surface area contributed by atoms with Crippen LogP contribution in [0.4, 0.5) is 0 Å². The number of nitrogens with zero attached hydrogens (tertiary/aromatic N) is 3. The van der Waals surface area contributed by atoms with Gasteiger partial charge in [-0.25, -0.2) is 0 Å². The van der Waals surface area contributed by atoms with Gasteiger partial charge in [0.1, 0.15) is 0 Å². The third kappa shape index (κ3) is 3.93. The molecule has 7 heteroatoms. The van der Waals surface area contributed by atoms with Crippen molar-refractivity contribution in [3.63, 3.8) is 0 Å².